The standard InChI is InChI=1S/C25H29NO3/c1-25(2,27)29-23-14-12-21(13-15-23)20-10-8-19(9-11-20)16-17-26-18-22-6-4-5-7-24(22)28-3/h4-15,26-27H,16-18H2,1-3H3. The molecule has 0 unspecified atom stereocenters. The Hall–Kier alpha value is -2.82. The minimum Gasteiger partial charge on any atom is -0.496 e. The number of methoxy groups -OCH3 is 1. The van der Waals surface area contributed by atoms with Crippen molar-refractivity contribution in [1.82, 2.24) is 5.32 Å². The third kappa shape index (κ3) is 6.34. The van der Waals surface area contributed by atoms with Gasteiger partial charge < -0.3 is 19.9 Å². The zero-order chi connectivity index (χ0) is 20.7. The van der Waals surface area contributed by atoms with Crippen molar-refractivity contribution in [3.05, 3.63) is 83.9 Å². The largest absolute Gasteiger partial charge is 0.496 e. The highest BCUT2D eigenvalue weighted by Gasteiger charge is 2.13. The Labute approximate surface area is 173 Å². The molecule has 0 spiro atoms. The van der Waals surface area contributed by atoms with E-state index >= 15 is 0 Å². The topological polar surface area (TPSA) is 50.7 Å². The van der Waals surface area contributed by atoms with Gasteiger partial charge in [-0.25, -0.2) is 0 Å². The highest BCUT2D eigenvalue weighted by atomic mass is 16.6. The van der Waals surface area contributed by atoms with Gasteiger partial charge in [-0.3, -0.25) is 0 Å². The molecule has 4 nitrogen and oxygen atoms in total. The number of rotatable bonds is 9. The molecule has 2 N–H and O–H groups in total. The van der Waals surface area contributed by atoms with Crippen LogP contribution >= 0.6 is 0 Å². The molecule has 0 heterocycles. The Morgan fingerprint density at radius 2 is 1.48 bits per heavy atom. The van der Waals surface area contributed by atoms with Crippen molar-refractivity contribution in [3.63, 3.8) is 0 Å². The Balaban J connectivity index is 1.51. The molecule has 0 aliphatic rings. The maximum absolute atomic E-state index is 9.73. The van der Waals surface area contributed by atoms with Crippen molar-refractivity contribution in [1.29, 1.82) is 0 Å². The Morgan fingerprint density at radius 1 is 0.862 bits per heavy atom. The van der Waals surface area contributed by atoms with Gasteiger partial charge in [-0.05, 0) is 47.9 Å². The second-order valence-electron chi connectivity index (χ2n) is 7.51. The highest BCUT2D eigenvalue weighted by molar-refractivity contribution is 5.64. The predicted molar refractivity (Wildman–Crippen MR) is 117 cm³/mol. The molecule has 0 aliphatic carbocycles. The SMILES string of the molecule is COc1ccccc1CNCCc1ccc(-c2ccc(OC(C)(C)O)cc2)cc1. The predicted octanol–water partition coefficient (Wildman–Crippen LogP) is 4.80. The van der Waals surface area contributed by atoms with Gasteiger partial charge in [-0.1, -0.05) is 54.6 Å². The fourth-order valence-corrected chi connectivity index (χ4v) is 3.17. The van der Waals surface area contributed by atoms with Gasteiger partial charge >= 0.3 is 0 Å². The van der Waals surface area contributed by atoms with Crippen LogP contribution in [0.25, 0.3) is 11.1 Å². The smallest absolute Gasteiger partial charge is 0.202 e. The summed E-state index contributed by atoms with van der Waals surface area (Å²) in [6.45, 7) is 4.93. The lowest BCUT2D eigenvalue weighted by molar-refractivity contribution is -0.104. The van der Waals surface area contributed by atoms with Crippen LogP contribution in [-0.2, 0) is 13.0 Å². The van der Waals surface area contributed by atoms with E-state index in [1.807, 2.05) is 42.5 Å². The van der Waals surface area contributed by atoms with Gasteiger partial charge in [0.25, 0.3) is 0 Å². The Morgan fingerprint density at radius 3 is 2.10 bits per heavy atom. The van der Waals surface area contributed by atoms with E-state index in [0.717, 1.165) is 36.4 Å². The molecular formula is C25H29NO3. The van der Waals surface area contributed by atoms with Gasteiger partial charge in [0.05, 0.1) is 7.11 Å². The zero-order valence-electron chi connectivity index (χ0n) is 17.3. The summed E-state index contributed by atoms with van der Waals surface area (Å²) >= 11 is 0. The lowest BCUT2D eigenvalue weighted by Gasteiger charge is -2.19. The van der Waals surface area contributed by atoms with Crippen molar-refractivity contribution in [2.24, 2.45) is 0 Å². The molecule has 0 amide bonds. The Kier molecular flexibility index (Phi) is 6.91. The summed E-state index contributed by atoms with van der Waals surface area (Å²) in [6.07, 6.45) is 0.966. The molecule has 0 saturated carbocycles. The molecule has 3 aromatic rings. The second kappa shape index (κ2) is 9.59. The van der Waals surface area contributed by atoms with Crippen LogP contribution in [0.5, 0.6) is 11.5 Å². The number of hydrogen-bond donors (Lipinski definition) is 2. The lowest BCUT2D eigenvalue weighted by atomic mass is 10.0. The minimum absolute atomic E-state index is 0.652. The van der Waals surface area contributed by atoms with E-state index in [1.54, 1.807) is 21.0 Å². The summed E-state index contributed by atoms with van der Waals surface area (Å²) in [5.41, 5.74) is 4.74. The highest BCUT2D eigenvalue weighted by Crippen LogP contribution is 2.24. The van der Waals surface area contributed by atoms with Crippen LogP contribution in [0.3, 0.4) is 0 Å². The number of aliphatic hydroxyl groups is 1. The van der Waals surface area contributed by atoms with E-state index in [9.17, 15) is 5.11 Å². The van der Waals surface area contributed by atoms with Crippen molar-refractivity contribution in [2.45, 2.75) is 32.6 Å². The maximum Gasteiger partial charge on any atom is 0.202 e. The van der Waals surface area contributed by atoms with Crippen LogP contribution in [0.2, 0.25) is 0 Å². The van der Waals surface area contributed by atoms with Crippen LogP contribution < -0.4 is 14.8 Å². The van der Waals surface area contributed by atoms with E-state index in [2.05, 4.69) is 35.6 Å². The van der Waals surface area contributed by atoms with E-state index in [4.69, 9.17) is 9.47 Å². The van der Waals surface area contributed by atoms with Crippen LogP contribution in [0.1, 0.15) is 25.0 Å². The van der Waals surface area contributed by atoms with E-state index < -0.39 is 5.79 Å². The fourth-order valence-electron chi connectivity index (χ4n) is 3.17. The molecule has 4 heteroatoms. The third-order valence-corrected chi connectivity index (χ3v) is 4.61. The van der Waals surface area contributed by atoms with E-state index in [-0.39, 0.29) is 0 Å². The molecule has 0 radical (unpaired) electrons. The van der Waals surface area contributed by atoms with Crippen molar-refractivity contribution in [3.8, 4) is 22.6 Å². The fraction of sp³-hybridized carbons (Fsp3) is 0.280. The van der Waals surface area contributed by atoms with Gasteiger partial charge in [0.1, 0.15) is 11.5 Å². The molecule has 0 bridgehead atoms. The molecular weight excluding hydrogens is 362 g/mol. The molecule has 29 heavy (non-hydrogen) atoms. The van der Waals surface area contributed by atoms with E-state index in [1.165, 1.54) is 11.1 Å². The van der Waals surface area contributed by atoms with Gasteiger partial charge in [0, 0.05) is 26.0 Å². The van der Waals surface area contributed by atoms with Crippen LogP contribution in [0, 0.1) is 0 Å². The van der Waals surface area contributed by atoms with Crippen LogP contribution in [0.4, 0.5) is 0 Å². The molecule has 3 aromatic carbocycles. The number of hydrogen-bond acceptors (Lipinski definition) is 4. The van der Waals surface area contributed by atoms with Gasteiger partial charge in [0.2, 0.25) is 5.79 Å². The normalized spacial score (nSPS) is 11.3. The maximum atomic E-state index is 9.73. The first-order chi connectivity index (χ1) is 13.9. The number of benzene rings is 3. The molecule has 0 atom stereocenters. The summed E-state index contributed by atoms with van der Waals surface area (Å²) in [4.78, 5) is 0. The number of para-hydroxylation sites is 1. The molecule has 0 saturated heterocycles. The Bertz CT molecular complexity index is 897. The van der Waals surface area contributed by atoms with Gasteiger partial charge in [-0.15, -0.1) is 0 Å². The van der Waals surface area contributed by atoms with Crippen LogP contribution in [-0.4, -0.2) is 24.5 Å². The zero-order valence-corrected chi connectivity index (χ0v) is 17.3. The number of nitrogens with one attached hydrogen (secondary N) is 1. The summed E-state index contributed by atoms with van der Waals surface area (Å²) in [5.74, 6) is 0.394. The first-order valence-electron chi connectivity index (χ1n) is 9.88. The van der Waals surface area contributed by atoms with Gasteiger partial charge in [-0.2, -0.15) is 0 Å². The molecule has 0 aromatic heterocycles. The summed E-state index contributed by atoms with van der Waals surface area (Å²) < 4.78 is 10.8. The molecule has 0 aliphatic heterocycles. The third-order valence-electron chi connectivity index (χ3n) is 4.61. The first kappa shape index (κ1) is 20.9. The van der Waals surface area contributed by atoms with Crippen molar-refractivity contribution < 1.29 is 14.6 Å². The average Bonchev–Trinajstić information content (AvgIpc) is 2.71. The molecule has 3 rings (SSSR count). The second-order valence-corrected chi connectivity index (χ2v) is 7.51. The average molecular weight is 392 g/mol. The van der Waals surface area contributed by atoms with E-state index in [0.29, 0.717) is 5.75 Å². The minimum atomic E-state index is -1.18. The first-order valence-corrected chi connectivity index (χ1v) is 9.88. The van der Waals surface area contributed by atoms with Gasteiger partial charge in [0.15, 0.2) is 0 Å². The molecule has 152 valence electrons. The van der Waals surface area contributed by atoms with Crippen LogP contribution in [0.15, 0.2) is 72.8 Å². The monoisotopic (exact) mass is 391 g/mol. The number of ether oxygens (including phenoxy) is 2. The lowest BCUT2D eigenvalue weighted by Crippen LogP contribution is -2.26. The summed E-state index contributed by atoms with van der Waals surface area (Å²) in [5, 5.41) is 13.2. The van der Waals surface area contributed by atoms with Crippen molar-refractivity contribution >= 4 is 0 Å². The molecule has 0 fully saturated rings. The van der Waals surface area contributed by atoms with Crippen molar-refractivity contribution in [2.75, 3.05) is 13.7 Å². The quantitative estimate of drug-likeness (QED) is 0.406. The summed E-state index contributed by atoms with van der Waals surface area (Å²) in [6, 6.07) is 24.5. The summed E-state index contributed by atoms with van der Waals surface area (Å²) in [7, 11) is 1.70.